The molecule has 6 heteroatoms. The van der Waals surface area contributed by atoms with Gasteiger partial charge in [-0.2, -0.15) is 0 Å². The normalized spacial score (nSPS) is 10.9. The molecule has 0 atom stereocenters. The van der Waals surface area contributed by atoms with Crippen LogP contribution in [0.2, 0.25) is 0 Å². The minimum absolute atomic E-state index is 0.0172. The minimum Gasteiger partial charge on any atom is -0.493 e. The van der Waals surface area contributed by atoms with Gasteiger partial charge in [-0.05, 0) is 53.8 Å². The standard InChI is InChI=1S/C34H35N3O3/c1-39-31-15-7-8-16-32(31)40-24-10-9-23-37-30-14-6-5-13-29(30)36-33(37)21-22-35-34(38)25-26-17-19-28(20-18-26)27-11-3-2-4-12-27/h2-8,11-20H,9-10,21-25H2,1H3,(H,35,38). The molecule has 40 heavy (non-hydrogen) atoms. The number of unbranched alkanes of at least 4 members (excludes halogenated alkanes) is 1. The van der Waals surface area contributed by atoms with Gasteiger partial charge in [-0.1, -0.05) is 78.9 Å². The van der Waals surface area contributed by atoms with Crippen LogP contribution in [-0.4, -0.2) is 35.7 Å². The van der Waals surface area contributed by atoms with Crippen LogP contribution in [0.5, 0.6) is 11.5 Å². The highest BCUT2D eigenvalue weighted by molar-refractivity contribution is 5.79. The number of para-hydroxylation sites is 4. The van der Waals surface area contributed by atoms with Gasteiger partial charge >= 0.3 is 0 Å². The third kappa shape index (κ3) is 6.89. The smallest absolute Gasteiger partial charge is 0.224 e. The molecular weight excluding hydrogens is 498 g/mol. The summed E-state index contributed by atoms with van der Waals surface area (Å²) in [6, 6.07) is 34.3. The molecule has 0 saturated heterocycles. The fourth-order valence-electron chi connectivity index (χ4n) is 4.87. The van der Waals surface area contributed by atoms with Crippen molar-refractivity contribution in [2.24, 2.45) is 0 Å². The quantitative estimate of drug-likeness (QED) is 0.176. The van der Waals surface area contributed by atoms with Crippen LogP contribution in [0.15, 0.2) is 103 Å². The van der Waals surface area contributed by atoms with Gasteiger partial charge in [-0.3, -0.25) is 4.79 Å². The third-order valence-electron chi connectivity index (χ3n) is 6.93. The monoisotopic (exact) mass is 533 g/mol. The summed E-state index contributed by atoms with van der Waals surface area (Å²) >= 11 is 0. The summed E-state index contributed by atoms with van der Waals surface area (Å²) in [5.41, 5.74) is 5.42. The van der Waals surface area contributed by atoms with Crippen molar-refractivity contribution in [3.63, 3.8) is 0 Å². The summed E-state index contributed by atoms with van der Waals surface area (Å²) < 4.78 is 13.6. The zero-order valence-electron chi connectivity index (χ0n) is 22.9. The molecule has 4 aromatic carbocycles. The highest BCUT2D eigenvalue weighted by Gasteiger charge is 2.11. The first-order valence-electron chi connectivity index (χ1n) is 13.8. The van der Waals surface area contributed by atoms with E-state index in [9.17, 15) is 4.79 Å². The number of carbonyl (C=O) groups is 1. The summed E-state index contributed by atoms with van der Waals surface area (Å²) in [7, 11) is 1.65. The maximum absolute atomic E-state index is 12.7. The van der Waals surface area contributed by atoms with Gasteiger partial charge in [0.15, 0.2) is 11.5 Å². The Labute approximate surface area is 235 Å². The van der Waals surface area contributed by atoms with E-state index in [0.717, 1.165) is 58.9 Å². The topological polar surface area (TPSA) is 65.4 Å². The van der Waals surface area contributed by atoms with Crippen molar-refractivity contribution in [1.82, 2.24) is 14.9 Å². The number of aromatic nitrogens is 2. The molecule has 0 bridgehead atoms. The number of hydrogen-bond acceptors (Lipinski definition) is 4. The van der Waals surface area contributed by atoms with Crippen LogP contribution < -0.4 is 14.8 Å². The van der Waals surface area contributed by atoms with E-state index in [2.05, 4.69) is 40.2 Å². The van der Waals surface area contributed by atoms with E-state index < -0.39 is 0 Å². The first-order valence-corrected chi connectivity index (χ1v) is 13.8. The molecule has 204 valence electrons. The van der Waals surface area contributed by atoms with E-state index in [0.29, 0.717) is 26.0 Å². The fraction of sp³-hybridized carbons (Fsp3) is 0.235. The Kier molecular flexibility index (Phi) is 9.09. The number of aryl methyl sites for hydroxylation is 1. The number of benzene rings is 4. The first-order chi connectivity index (χ1) is 19.7. The molecule has 1 heterocycles. The molecule has 0 spiro atoms. The van der Waals surface area contributed by atoms with Crippen molar-refractivity contribution in [3.8, 4) is 22.6 Å². The van der Waals surface area contributed by atoms with Crippen molar-refractivity contribution in [1.29, 1.82) is 0 Å². The van der Waals surface area contributed by atoms with Crippen LogP contribution in [-0.2, 0) is 24.2 Å². The summed E-state index contributed by atoms with van der Waals surface area (Å²) in [4.78, 5) is 17.5. The molecule has 0 radical (unpaired) electrons. The predicted octanol–water partition coefficient (Wildman–Crippen LogP) is 6.47. The lowest BCUT2D eigenvalue weighted by atomic mass is 10.0. The molecule has 0 fully saturated rings. The molecule has 1 N–H and O–H groups in total. The molecule has 0 aliphatic rings. The van der Waals surface area contributed by atoms with Crippen molar-refractivity contribution >= 4 is 16.9 Å². The van der Waals surface area contributed by atoms with E-state index in [-0.39, 0.29) is 5.91 Å². The molecule has 6 nitrogen and oxygen atoms in total. The van der Waals surface area contributed by atoms with Gasteiger partial charge < -0.3 is 19.4 Å². The maximum Gasteiger partial charge on any atom is 0.224 e. The number of fused-ring (bicyclic) bond motifs is 1. The molecule has 0 saturated carbocycles. The van der Waals surface area contributed by atoms with E-state index in [1.165, 1.54) is 5.56 Å². The van der Waals surface area contributed by atoms with Gasteiger partial charge in [0.25, 0.3) is 0 Å². The fourth-order valence-corrected chi connectivity index (χ4v) is 4.87. The zero-order valence-corrected chi connectivity index (χ0v) is 22.9. The van der Waals surface area contributed by atoms with Crippen molar-refractivity contribution in [2.45, 2.75) is 32.2 Å². The minimum atomic E-state index is 0.0172. The summed E-state index contributed by atoms with van der Waals surface area (Å²) in [6.45, 7) is 2.00. The molecule has 1 amide bonds. The van der Waals surface area contributed by atoms with E-state index in [1.807, 2.05) is 72.8 Å². The third-order valence-corrected chi connectivity index (χ3v) is 6.93. The van der Waals surface area contributed by atoms with Crippen molar-refractivity contribution < 1.29 is 14.3 Å². The van der Waals surface area contributed by atoms with Crippen LogP contribution in [0, 0.1) is 0 Å². The lowest BCUT2D eigenvalue weighted by Gasteiger charge is -2.12. The van der Waals surface area contributed by atoms with Gasteiger partial charge in [0.2, 0.25) is 5.91 Å². The van der Waals surface area contributed by atoms with Crippen LogP contribution >= 0.6 is 0 Å². The number of nitrogens with one attached hydrogen (secondary N) is 1. The number of rotatable bonds is 13. The number of amides is 1. The number of hydrogen-bond donors (Lipinski definition) is 1. The van der Waals surface area contributed by atoms with E-state index >= 15 is 0 Å². The number of methoxy groups -OCH3 is 1. The largest absolute Gasteiger partial charge is 0.493 e. The Morgan fingerprint density at radius 2 is 1.50 bits per heavy atom. The Morgan fingerprint density at radius 3 is 2.30 bits per heavy atom. The number of ether oxygens (including phenoxy) is 2. The zero-order chi connectivity index (χ0) is 27.6. The van der Waals surface area contributed by atoms with Gasteiger partial charge in [-0.25, -0.2) is 4.98 Å². The van der Waals surface area contributed by atoms with Gasteiger partial charge in [-0.15, -0.1) is 0 Å². The molecule has 0 unspecified atom stereocenters. The number of carbonyl (C=O) groups excluding carboxylic acids is 1. The van der Waals surface area contributed by atoms with Crippen molar-refractivity contribution in [3.05, 3.63) is 115 Å². The number of nitrogens with zero attached hydrogens (tertiary/aromatic N) is 2. The van der Waals surface area contributed by atoms with Gasteiger partial charge in [0, 0.05) is 19.5 Å². The Morgan fingerprint density at radius 1 is 0.800 bits per heavy atom. The second-order valence-corrected chi connectivity index (χ2v) is 9.71. The Bertz CT molecular complexity index is 1530. The summed E-state index contributed by atoms with van der Waals surface area (Å²) in [6.07, 6.45) is 2.89. The van der Waals surface area contributed by atoms with Crippen LogP contribution in [0.3, 0.4) is 0 Å². The Balaban J connectivity index is 1.12. The van der Waals surface area contributed by atoms with Crippen LogP contribution in [0.4, 0.5) is 0 Å². The lowest BCUT2D eigenvalue weighted by molar-refractivity contribution is -0.120. The molecule has 1 aromatic heterocycles. The summed E-state index contributed by atoms with van der Waals surface area (Å²) in [5, 5.41) is 3.08. The van der Waals surface area contributed by atoms with E-state index in [1.54, 1.807) is 7.11 Å². The second-order valence-electron chi connectivity index (χ2n) is 9.71. The SMILES string of the molecule is COc1ccccc1OCCCCn1c(CCNC(=O)Cc2ccc(-c3ccccc3)cc2)nc2ccccc21. The molecule has 0 aliphatic carbocycles. The predicted molar refractivity (Wildman–Crippen MR) is 160 cm³/mol. The highest BCUT2D eigenvalue weighted by Crippen LogP contribution is 2.26. The molecule has 0 aliphatic heterocycles. The maximum atomic E-state index is 12.7. The second kappa shape index (κ2) is 13.5. The lowest BCUT2D eigenvalue weighted by Crippen LogP contribution is -2.28. The van der Waals surface area contributed by atoms with Crippen molar-refractivity contribution in [2.75, 3.05) is 20.3 Å². The van der Waals surface area contributed by atoms with Gasteiger partial charge in [0.1, 0.15) is 5.82 Å². The van der Waals surface area contributed by atoms with Gasteiger partial charge in [0.05, 0.1) is 31.2 Å². The molecular formula is C34H35N3O3. The molecule has 5 rings (SSSR count). The average molecular weight is 534 g/mol. The summed E-state index contributed by atoms with van der Waals surface area (Å²) in [5.74, 6) is 2.52. The van der Waals surface area contributed by atoms with Crippen LogP contribution in [0.25, 0.3) is 22.2 Å². The number of imidazole rings is 1. The Hall–Kier alpha value is -4.58. The highest BCUT2D eigenvalue weighted by atomic mass is 16.5. The van der Waals surface area contributed by atoms with Crippen LogP contribution in [0.1, 0.15) is 24.2 Å². The average Bonchev–Trinajstić information content (AvgIpc) is 3.35. The van der Waals surface area contributed by atoms with E-state index in [4.69, 9.17) is 14.5 Å². The first kappa shape index (κ1) is 27.0. The molecule has 5 aromatic rings.